The minimum Gasteiger partial charge on any atom is -0.310 e. The van der Waals surface area contributed by atoms with Crippen molar-refractivity contribution >= 4 is 70.4 Å². The molecule has 1 aliphatic carbocycles. The minimum absolute atomic E-state index is 0.00219. The number of hydrogen-bond donors (Lipinski definition) is 0. The van der Waals surface area contributed by atoms with Crippen LogP contribution < -0.4 is 4.90 Å². The first kappa shape index (κ1) is 34.8. The van der Waals surface area contributed by atoms with Gasteiger partial charge in [-0.2, -0.15) is 0 Å². The normalized spacial score (nSPS) is 13.9. The van der Waals surface area contributed by atoms with E-state index in [4.69, 9.17) is 0 Å². The van der Waals surface area contributed by atoms with E-state index in [0.717, 1.165) is 11.4 Å². The number of nitrogens with zero attached hydrogens (tertiary/aromatic N) is 2. The standard InChI is InChI=1S/C53H48N2S/c1-51(2,3)33-28-34(52(4,5)6)30-37(29-33)55-45-20-13-10-18-41(45)50-46(21-15-22-47(50)55)54(35-25-27-49-42(31-35)40-17-11-14-23-48(40)56-49)36-24-26-39-38-16-9-12-19-43(38)53(7,8)44(39)32-36/h9-32H,1-8H3. The predicted octanol–water partition coefficient (Wildman–Crippen LogP) is 15.5. The Kier molecular flexibility index (Phi) is 7.57. The van der Waals surface area contributed by atoms with Crippen LogP contribution in [0.3, 0.4) is 0 Å². The van der Waals surface area contributed by atoms with Crippen molar-refractivity contribution in [2.75, 3.05) is 4.90 Å². The monoisotopic (exact) mass is 744 g/mol. The highest BCUT2D eigenvalue weighted by molar-refractivity contribution is 7.25. The second-order valence-corrected chi connectivity index (χ2v) is 19.4. The summed E-state index contributed by atoms with van der Waals surface area (Å²) in [7, 11) is 0. The Hall–Kier alpha value is -5.64. The average Bonchev–Trinajstić information content (AvgIpc) is 3.80. The number of benzene rings is 7. The van der Waals surface area contributed by atoms with E-state index < -0.39 is 0 Å². The maximum absolute atomic E-state index is 2.52. The van der Waals surface area contributed by atoms with Gasteiger partial charge in [0, 0.05) is 53.4 Å². The molecule has 276 valence electrons. The summed E-state index contributed by atoms with van der Waals surface area (Å²) in [6, 6.07) is 55.1. The zero-order chi connectivity index (χ0) is 38.7. The third-order valence-electron chi connectivity index (χ3n) is 12.3. The van der Waals surface area contributed by atoms with Crippen LogP contribution in [-0.4, -0.2) is 4.57 Å². The molecule has 1 aliphatic rings. The maximum atomic E-state index is 2.52. The molecule has 2 nitrogen and oxygen atoms in total. The van der Waals surface area contributed by atoms with Gasteiger partial charge in [0.15, 0.2) is 0 Å². The molecule has 3 heteroatoms. The van der Waals surface area contributed by atoms with Crippen LogP contribution in [0.2, 0.25) is 0 Å². The van der Waals surface area contributed by atoms with Gasteiger partial charge in [0.25, 0.3) is 0 Å². The second-order valence-electron chi connectivity index (χ2n) is 18.3. The van der Waals surface area contributed by atoms with Crippen LogP contribution in [0.15, 0.2) is 146 Å². The van der Waals surface area contributed by atoms with Crippen LogP contribution in [0.25, 0.3) is 58.8 Å². The maximum Gasteiger partial charge on any atom is 0.0562 e. The molecule has 10 rings (SSSR count). The summed E-state index contributed by atoms with van der Waals surface area (Å²) in [5.41, 5.74) is 15.1. The average molecular weight is 745 g/mol. The number of anilines is 3. The van der Waals surface area contributed by atoms with E-state index in [1.165, 1.54) is 86.7 Å². The van der Waals surface area contributed by atoms with Gasteiger partial charge >= 0.3 is 0 Å². The van der Waals surface area contributed by atoms with Gasteiger partial charge in [-0.1, -0.05) is 134 Å². The molecule has 2 aromatic heterocycles. The van der Waals surface area contributed by atoms with Crippen LogP contribution in [0.4, 0.5) is 17.1 Å². The molecule has 56 heavy (non-hydrogen) atoms. The lowest BCUT2D eigenvalue weighted by Gasteiger charge is -2.29. The summed E-state index contributed by atoms with van der Waals surface area (Å²) in [5, 5.41) is 5.10. The number of fused-ring (bicyclic) bond motifs is 9. The fourth-order valence-electron chi connectivity index (χ4n) is 9.18. The molecule has 0 amide bonds. The van der Waals surface area contributed by atoms with Gasteiger partial charge in [-0.05, 0) is 111 Å². The first-order valence-electron chi connectivity index (χ1n) is 19.9. The van der Waals surface area contributed by atoms with Crippen LogP contribution >= 0.6 is 11.3 Å². The molecule has 0 unspecified atom stereocenters. The van der Waals surface area contributed by atoms with Crippen molar-refractivity contribution in [3.63, 3.8) is 0 Å². The van der Waals surface area contributed by atoms with E-state index in [2.05, 4.69) is 210 Å². The summed E-state index contributed by atoms with van der Waals surface area (Å²) in [5.74, 6) is 0. The van der Waals surface area contributed by atoms with Crippen molar-refractivity contribution in [3.05, 3.63) is 168 Å². The van der Waals surface area contributed by atoms with Crippen LogP contribution in [-0.2, 0) is 16.2 Å². The van der Waals surface area contributed by atoms with Crippen molar-refractivity contribution < 1.29 is 0 Å². The Labute approximate surface area is 334 Å². The summed E-state index contributed by atoms with van der Waals surface area (Å²) in [6.07, 6.45) is 0. The van der Waals surface area contributed by atoms with Gasteiger partial charge in [0.1, 0.15) is 0 Å². The zero-order valence-corrected chi connectivity index (χ0v) is 34.5. The molecule has 2 heterocycles. The molecule has 0 bridgehead atoms. The molecule has 0 radical (unpaired) electrons. The Bertz CT molecular complexity index is 3000. The highest BCUT2D eigenvalue weighted by Crippen LogP contribution is 2.52. The molecule has 0 spiro atoms. The number of para-hydroxylation sites is 1. The Morgan fingerprint density at radius 1 is 0.500 bits per heavy atom. The van der Waals surface area contributed by atoms with E-state index in [-0.39, 0.29) is 16.2 Å². The number of rotatable bonds is 4. The van der Waals surface area contributed by atoms with Crippen molar-refractivity contribution in [3.8, 4) is 16.8 Å². The van der Waals surface area contributed by atoms with Gasteiger partial charge < -0.3 is 9.47 Å². The van der Waals surface area contributed by atoms with Gasteiger partial charge in [-0.3, -0.25) is 0 Å². The van der Waals surface area contributed by atoms with Gasteiger partial charge in [0.05, 0.1) is 16.7 Å². The molecule has 0 saturated heterocycles. The lowest BCUT2D eigenvalue weighted by molar-refractivity contribution is 0.568. The largest absolute Gasteiger partial charge is 0.310 e. The molecular weight excluding hydrogens is 697 g/mol. The lowest BCUT2D eigenvalue weighted by atomic mass is 9.80. The van der Waals surface area contributed by atoms with Crippen molar-refractivity contribution in [2.45, 2.75) is 71.6 Å². The highest BCUT2D eigenvalue weighted by Gasteiger charge is 2.36. The van der Waals surface area contributed by atoms with Crippen LogP contribution in [0.5, 0.6) is 0 Å². The van der Waals surface area contributed by atoms with Crippen molar-refractivity contribution in [2.24, 2.45) is 0 Å². The van der Waals surface area contributed by atoms with E-state index in [1.54, 1.807) is 0 Å². The third-order valence-corrected chi connectivity index (χ3v) is 13.4. The molecule has 7 aromatic carbocycles. The van der Waals surface area contributed by atoms with E-state index in [9.17, 15) is 0 Å². The van der Waals surface area contributed by atoms with Crippen molar-refractivity contribution in [1.29, 1.82) is 0 Å². The van der Waals surface area contributed by atoms with Crippen LogP contribution in [0.1, 0.15) is 77.6 Å². The highest BCUT2D eigenvalue weighted by atomic mass is 32.1. The quantitative estimate of drug-likeness (QED) is 0.174. The molecule has 0 N–H and O–H groups in total. The number of thiophene rings is 1. The fourth-order valence-corrected chi connectivity index (χ4v) is 10.3. The second kappa shape index (κ2) is 12.2. The topological polar surface area (TPSA) is 8.17 Å². The molecule has 0 saturated carbocycles. The lowest BCUT2D eigenvalue weighted by Crippen LogP contribution is -2.17. The number of aromatic nitrogens is 1. The van der Waals surface area contributed by atoms with Crippen LogP contribution in [0, 0.1) is 0 Å². The summed E-state index contributed by atoms with van der Waals surface area (Å²) >= 11 is 1.87. The third kappa shape index (κ3) is 5.28. The van der Waals surface area contributed by atoms with E-state index in [1.807, 2.05) is 11.3 Å². The smallest absolute Gasteiger partial charge is 0.0562 e. The Balaban J connectivity index is 1.27. The van der Waals surface area contributed by atoms with Gasteiger partial charge in [-0.15, -0.1) is 11.3 Å². The molecular formula is C53H48N2S. The molecule has 0 atom stereocenters. The fraction of sp³-hybridized carbons (Fsp3) is 0.208. The Morgan fingerprint density at radius 3 is 1.88 bits per heavy atom. The summed E-state index contributed by atoms with van der Waals surface area (Å²) in [4.78, 5) is 2.52. The summed E-state index contributed by atoms with van der Waals surface area (Å²) in [6.45, 7) is 18.7. The van der Waals surface area contributed by atoms with E-state index >= 15 is 0 Å². The molecule has 0 aliphatic heterocycles. The first-order chi connectivity index (χ1) is 26.8. The van der Waals surface area contributed by atoms with E-state index in [0.29, 0.717) is 0 Å². The first-order valence-corrected chi connectivity index (χ1v) is 20.8. The van der Waals surface area contributed by atoms with Crippen molar-refractivity contribution in [1.82, 2.24) is 4.57 Å². The zero-order valence-electron chi connectivity index (χ0n) is 33.7. The SMILES string of the molecule is CC(C)(C)c1cc(-n2c3ccccc3c3c(N(c4ccc5c(c4)C(C)(C)c4ccccc4-5)c4ccc5sc6ccccc6c5c4)cccc32)cc(C(C)(C)C)c1. The number of hydrogen-bond acceptors (Lipinski definition) is 2. The molecule has 0 fully saturated rings. The van der Waals surface area contributed by atoms with Gasteiger partial charge in [-0.25, -0.2) is 0 Å². The Morgan fingerprint density at radius 2 is 1.11 bits per heavy atom. The summed E-state index contributed by atoms with van der Waals surface area (Å²) < 4.78 is 5.14. The predicted molar refractivity (Wildman–Crippen MR) is 243 cm³/mol. The van der Waals surface area contributed by atoms with Gasteiger partial charge in [0.2, 0.25) is 0 Å². The minimum atomic E-state index is -0.119. The molecule has 9 aromatic rings.